The van der Waals surface area contributed by atoms with Crippen LogP contribution in [0.4, 0.5) is 0 Å². The van der Waals surface area contributed by atoms with E-state index < -0.39 is 54.3 Å². The number of aliphatic carboxylic acids is 5. The number of para-hydroxylation sites is 1. The molecule has 3 aromatic heterocycles. The molecule has 0 amide bonds. The summed E-state index contributed by atoms with van der Waals surface area (Å²) in [4.78, 5) is 64.0. The molecule has 18 nitrogen and oxygen atoms in total. The number of benzene rings is 4. The molecule has 0 aliphatic rings. The first-order valence-electron chi connectivity index (χ1n) is 20.6. The van der Waals surface area contributed by atoms with E-state index in [1.54, 1.807) is 42.6 Å². The summed E-state index contributed by atoms with van der Waals surface area (Å²) in [5.74, 6) is -2.84. The monoisotopic (exact) mass is 1060 g/mol. The third-order valence-electron chi connectivity index (χ3n) is 8.56. The summed E-state index contributed by atoms with van der Waals surface area (Å²) in [6.07, 6.45) is 2.51. The topological polar surface area (TPSA) is 271 Å². The van der Waals surface area contributed by atoms with Crippen LogP contribution in [0.5, 0.6) is 28.7 Å². The molecule has 7 aromatic rings. The lowest BCUT2D eigenvalue weighted by molar-refractivity contribution is -0.145. The molecule has 71 heavy (non-hydrogen) atoms. The highest BCUT2D eigenvalue weighted by Crippen LogP contribution is 2.32. The van der Waals surface area contributed by atoms with Gasteiger partial charge in [-0.2, -0.15) is 0 Å². The van der Waals surface area contributed by atoms with Crippen LogP contribution in [0, 0.1) is 0 Å². The first kappa shape index (κ1) is 57.7. The van der Waals surface area contributed by atoms with Crippen molar-refractivity contribution in [1.82, 2.24) is 15.0 Å². The average molecular weight is 1060 g/mol. The van der Waals surface area contributed by atoms with Crippen molar-refractivity contribution < 1.29 is 73.2 Å². The minimum Gasteiger partial charge on any atom is -0.482 e. The Kier molecular flexibility index (Phi) is 23.9. The predicted octanol–water partition coefficient (Wildman–Crippen LogP) is 10.4. The van der Waals surface area contributed by atoms with Crippen LogP contribution in [0.25, 0.3) is 21.7 Å². The largest absolute Gasteiger partial charge is 0.482 e. The van der Waals surface area contributed by atoms with Crippen molar-refractivity contribution in [3.05, 3.63) is 154 Å². The lowest BCUT2D eigenvalue weighted by Crippen LogP contribution is -2.22. The smallest absolute Gasteiger partial charge is 0.344 e. The van der Waals surface area contributed by atoms with Crippen LogP contribution in [0.1, 0.15) is 27.7 Å². The van der Waals surface area contributed by atoms with Gasteiger partial charge in [0.15, 0.2) is 31.0 Å². The number of aromatic nitrogens is 3. The number of carboxylic acids is 5. The second-order valence-electron chi connectivity index (χ2n) is 14.1. The van der Waals surface area contributed by atoms with Gasteiger partial charge in [0, 0.05) is 49.7 Å². The molecular weight excluding hydrogens is 1010 g/mol. The van der Waals surface area contributed by atoms with Crippen LogP contribution >= 0.6 is 46.4 Å². The average Bonchev–Trinajstić information content (AvgIpc) is 3.32. The fraction of sp³-hybridized carbons (Fsp3) is 0.184. The normalized spacial score (nSPS) is 11.8. The molecule has 5 N–H and O–H groups in total. The van der Waals surface area contributed by atoms with Gasteiger partial charge >= 0.3 is 29.8 Å². The Hall–Kier alpha value is -7.64. The standard InChI is InChI=1S/C13H11ClO3.C12H11NO3.C9H8Cl2O3.C8H9NO3.C7H6ClNO3/c1-8(13(15)16)17-12-7-6-11(14)9-4-2-3-5-10(9)12;1-8(12(14)15)16-10-6-9-4-2-3-5-11(9)13-7-10;1-5(9(12)13)14-8-3-6(10)2-7(11)4-8;1-6(8(10)11)12-7-3-2-4-9-5-7;8-6-3-5(1-2-9-6)12-4-7(10)11/h2-8H,1H3,(H,15,16);2-8H,1H3,(H,14,15);2-5H,1H3,(H,12,13);2-6H,1H3,(H,10,11);1-3H,4H2,(H,10,11)/t2*8-;;;/m00.../s1. The van der Waals surface area contributed by atoms with Crippen molar-refractivity contribution in [2.75, 3.05) is 6.61 Å². The summed E-state index contributed by atoms with van der Waals surface area (Å²) in [5.41, 5.74) is 0.859. The van der Waals surface area contributed by atoms with Crippen LogP contribution in [-0.2, 0) is 24.0 Å². The molecule has 0 aliphatic carbocycles. The number of fused-ring (bicyclic) bond motifs is 2. The lowest BCUT2D eigenvalue weighted by Gasteiger charge is -2.13. The third-order valence-corrected chi connectivity index (χ3v) is 9.53. The van der Waals surface area contributed by atoms with Crippen LogP contribution < -0.4 is 23.7 Å². The van der Waals surface area contributed by atoms with Gasteiger partial charge in [-0.05, 0) is 88.4 Å². The van der Waals surface area contributed by atoms with Crippen LogP contribution in [-0.4, -0.2) is 101 Å². The van der Waals surface area contributed by atoms with Gasteiger partial charge in [-0.1, -0.05) is 88.9 Å². The maximum absolute atomic E-state index is 10.8. The zero-order valence-corrected chi connectivity index (χ0v) is 40.9. The number of ether oxygens (including phenoxy) is 5. The van der Waals surface area contributed by atoms with Crippen molar-refractivity contribution in [3.63, 3.8) is 0 Å². The molecule has 4 aromatic carbocycles. The maximum Gasteiger partial charge on any atom is 0.344 e. The molecule has 0 saturated carbocycles. The lowest BCUT2D eigenvalue weighted by atomic mass is 10.1. The second-order valence-corrected chi connectivity index (χ2v) is 15.8. The number of halogens is 4. The molecule has 4 atom stereocenters. The Morgan fingerprint density at radius 3 is 1.62 bits per heavy atom. The molecular formula is C49H45Cl4N3O15. The molecule has 7 rings (SSSR count). The van der Waals surface area contributed by atoms with Crippen LogP contribution in [0.15, 0.2) is 134 Å². The van der Waals surface area contributed by atoms with E-state index in [0.29, 0.717) is 43.8 Å². The van der Waals surface area contributed by atoms with E-state index in [2.05, 4.69) is 15.0 Å². The summed E-state index contributed by atoms with van der Waals surface area (Å²) < 4.78 is 25.5. The molecule has 0 saturated heterocycles. The number of carbonyl (C=O) groups is 5. The molecule has 22 heteroatoms. The maximum atomic E-state index is 10.8. The Bertz CT molecular complexity index is 2860. The molecule has 0 spiro atoms. The SMILES string of the molecule is CC(Oc1cc(Cl)cc(Cl)c1)C(=O)O.CC(Oc1cccnc1)C(=O)O.C[C@H](Oc1ccc(Cl)c2ccccc12)C(=O)O.C[C@H](Oc1cnc2ccccc2c1)C(=O)O.O=C(O)COc1ccnc(Cl)c1. The number of nitrogens with zero attached hydrogens (tertiary/aromatic N) is 3. The summed E-state index contributed by atoms with van der Waals surface area (Å²) in [7, 11) is 0. The Balaban J connectivity index is 0.000000236. The molecule has 0 bridgehead atoms. The molecule has 3 heterocycles. The number of hydrogen-bond acceptors (Lipinski definition) is 13. The molecule has 2 unspecified atom stereocenters. The van der Waals surface area contributed by atoms with Gasteiger partial charge in [0.2, 0.25) is 0 Å². The van der Waals surface area contributed by atoms with Gasteiger partial charge in [-0.25, -0.2) is 29.0 Å². The second kappa shape index (κ2) is 29.4. The Morgan fingerprint density at radius 1 is 0.507 bits per heavy atom. The zero-order valence-electron chi connectivity index (χ0n) is 37.9. The quantitative estimate of drug-likeness (QED) is 0.0597. The summed E-state index contributed by atoms with van der Waals surface area (Å²) in [6.45, 7) is 5.50. The first-order valence-corrected chi connectivity index (χ1v) is 22.1. The van der Waals surface area contributed by atoms with E-state index >= 15 is 0 Å². The van der Waals surface area contributed by atoms with Gasteiger partial charge in [0.1, 0.15) is 33.9 Å². The highest BCUT2D eigenvalue weighted by molar-refractivity contribution is 6.36. The number of carboxylic acid groups (broad SMARTS) is 5. The van der Waals surface area contributed by atoms with Gasteiger partial charge in [-0.3, -0.25) is 9.97 Å². The Labute approximate surface area is 425 Å². The first-order chi connectivity index (χ1) is 33.6. The molecule has 374 valence electrons. The predicted molar refractivity (Wildman–Crippen MR) is 265 cm³/mol. The van der Waals surface area contributed by atoms with E-state index in [4.69, 9.17) is 95.6 Å². The minimum atomic E-state index is -1.04. The van der Waals surface area contributed by atoms with Crippen molar-refractivity contribution in [2.24, 2.45) is 0 Å². The van der Waals surface area contributed by atoms with Crippen molar-refractivity contribution in [2.45, 2.75) is 52.1 Å². The Morgan fingerprint density at radius 2 is 1.06 bits per heavy atom. The molecule has 0 fully saturated rings. The number of pyridine rings is 3. The van der Waals surface area contributed by atoms with Crippen molar-refractivity contribution >= 4 is 97.9 Å². The van der Waals surface area contributed by atoms with E-state index in [1.807, 2.05) is 48.5 Å². The van der Waals surface area contributed by atoms with Crippen LogP contribution in [0.2, 0.25) is 20.2 Å². The molecule has 0 radical (unpaired) electrons. The zero-order chi connectivity index (χ0) is 52.6. The highest BCUT2D eigenvalue weighted by Gasteiger charge is 2.16. The van der Waals surface area contributed by atoms with Crippen LogP contribution in [0.3, 0.4) is 0 Å². The third kappa shape index (κ3) is 21.3. The number of rotatable bonds is 15. The summed E-state index contributed by atoms with van der Waals surface area (Å²) in [5, 5.41) is 47.2. The van der Waals surface area contributed by atoms with E-state index in [-0.39, 0.29) is 11.8 Å². The van der Waals surface area contributed by atoms with E-state index in [0.717, 1.165) is 21.7 Å². The molecule has 0 aliphatic heterocycles. The highest BCUT2D eigenvalue weighted by atomic mass is 35.5. The summed E-state index contributed by atoms with van der Waals surface area (Å²) >= 11 is 23.0. The van der Waals surface area contributed by atoms with Gasteiger partial charge in [0.05, 0.1) is 17.9 Å². The van der Waals surface area contributed by atoms with E-state index in [9.17, 15) is 24.0 Å². The van der Waals surface area contributed by atoms with Crippen molar-refractivity contribution in [1.29, 1.82) is 0 Å². The van der Waals surface area contributed by atoms with Gasteiger partial charge in [-0.15, -0.1) is 0 Å². The minimum absolute atomic E-state index is 0.276. The van der Waals surface area contributed by atoms with Crippen molar-refractivity contribution in [3.8, 4) is 28.7 Å². The number of hydrogen-bond donors (Lipinski definition) is 5. The van der Waals surface area contributed by atoms with Gasteiger partial charge in [0.25, 0.3) is 0 Å². The van der Waals surface area contributed by atoms with Gasteiger partial charge < -0.3 is 49.2 Å². The summed E-state index contributed by atoms with van der Waals surface area (Å²) in [6, 6.07) is 31.1. The fourth-order valence-corrected chi connectivity index (χ4v) is 5.99. The fourth-order valence-electron chi connectivity index (χ4n) is 5.09. The van der Waals surface area contributed by atoms with E-state index in [1.165, 1.54) is 70.6 Å².